The van der Waals surface area contributed by atoms with E-state index in [2.05, 4.69) is 0 Å². The van der Waals surface area contributed by atoms with Gasteiger partial charge < -0.3 is 14.2 Å². The Kier molecular flexibility index (Phi) is 4.52. The van der Waals surface area contributed by atoms with E-state index < -0.39 is 29.8 Å². The van der Waals surface area contributed by atoms with E-state index in [-0.39, 0.29) is 0 Å². The smallest absolute Gasteiger partial charge is 0.353 e. The Morgan fingerprint density at radius 2 is 1.65 bits per heavy atom. The molecular formula is C25H21NO5. The van der Waals surface area contributed by atoms with Crippen LogP contribution >= 0.6 is 0 Å². The quantitative estimate of drug-likeness (QED) is 0.365. The number of carbonyl (C=O) groups excluding carboxylic acids is 2. The Balaban J connectivity index is 1.57. The van der Waals surface area contributed by atoms with Crippen LogP contribution < -0.4 is 9.64 Å². The number of para-hydroxylation sites is 1. The van der Waals surface area contributed by atoms with Gasteiger partial charge in [0, 0.05) is 11.3 Å². The molecule has 3 aromatic rings. The lowest BCUT2D eigenvalue weighted by atomic mass is 9.77. The van der Waals surface area contributed by atoms with Crippen LogP contribution in [0.25, 0.3) is 0 Å². The molecule has 0 bridgehead atoms. The van der Waals surface area contributed by atoms with Gasteiger partial charge >= 0.3 is 5.97 Å². The van der Waals surface area contributed by atoms with Gasteiger partial charge in [-0.2, -0.15) is 0 Å². The topological polar surface area (TPSA) is 65.1 Å². The van der Waals surface area contributed by atoms with E-state index >= 15 is 0 Å². The minimum Gasteiger partial charge on any atom is -0.497 e. The van der Waals surface area contributed by atoms with Crippen LogP contribution in [0.3, 0.4) is 0 Å². The van der Waals surface area contributed by atoms with Crippen molar-refractivity contribution in [3.63, 3.8) is 0 Å². The number of β-lactam (4-membered cyclic amide) rings is 1. The zero-order valence-electron chi connectivity index (χ0n) is 17.1. The van der Waals surface area contributed by atoms with E-state index in [0.717, 1.165) is 11.1 Å². The number of nitrogens with zero attached hydrogens (tertiary/aromatic N) is 1. The number of carbonyl (C=O) groups is 2. The molecule has 0 saturated carbocycles. The van der Waals surface area contributed by atoms with E-state index in [9.17, 15) is 9.59 Å². The number of rotatable bonds is 4. The maximum Gasteiger partial charge on any atom is 0.353 e. The SMILES string of the molecule is COc1ccc([C@@H]2N(c3ccccc3)C(=O)[C@@]23O[C@H](c2cccc(C)c2)OC3=O)cc1. The zero-order valence-corrected chi connectivity index (χ0v) is 17.1. The second-order valence-electron chi connectivity index (χ2n) is 7.69. The first-order chi connectivity index (χ1) is 15.0. The molecule has 6 heteroatoms. The van der Waals surface area contributed by atoms with Crippen molar-refractivity contribution in [1.82, 2.24) is 0 Å². The monoisotopic (exact) mass is 415 g/mol. The largest absolute Gasteiger partial charge is 0.497 e. The highest BCUT2D eigenvalue weighted by atomic mass is 16.8. The summed E-state index contributed by atoms with van der Waals surface area (Å²) < 4.78 is 17.0. The molecule has 0 radical (unpaired) electrons. The summed E-state index contributed by atoms with van der Waals surface area (Å²) in [7, 11) is 1.59. The third-order valence-corrected chi connectivity index (χ3v) is 5.77. The van der Waals surface area contributed by atoms with Gasteiger partial charge in [-0.1, -0.05) is 54.1 Å². The van der Waals surface area contributed by atoms with Gasteiger partial charge in [0.25, 0.3) is 11.5 Å². The first kappa shape index (κ1) is 19.3. The summed E-state index contributed by atoms with van der Waals surface area (Å²) in [6.07, 6.45) is -0.935. The fourth-order valence-electron chi connectivity index (χ4n) is 4.25. The van der Waals surface area contributed by atoms with Crippen molar-refractivity contribution in [2.45, 2.75) is 24.9 Å². The minimum atomic E-state index is -1.72. The van der Waals surface area contributed by atoms with Crippen molar-refractivity contribution in [2.24, 2.45) is 0 Å². The lowest BCUT2D eigenvalue weighted by Gasteiger charge is -2.50. The lowest BCUT2D eigenvalue weighted by Crippen LogP contribution is -2.71. The number of amides is 1. The van der Waals surface area contributed by atoms with Crippen LogP contribution in [0.1, 0.15) is 29.0 Å². The molecule has 2 saturated heterocycles. The predicted molar refractivity (Wildman–Crippen MR) is 113 cm³/mol. The highest BCUT2D eigenvalue weighted by Crippen LogP contribution is 2.54. The first-order valence-corrected chi connectivity index (χ1v) is 10.0. The molecule has 0 N–H and O–H groups in total. The summed E-state index contributed by atoms with van der Waals surface area (Å²) >= 11 is 0. The van der Waals surface area contributed by atoms with Gasteiger partial charge in [-0.3, -0.25) is 9.69 Å². The first-order valence-electron chi connectivity index (χ1n) is 10.0. The van der Waals surface area contributed by atoms with Gasteiger partial charge in [0.15, 0.2) is 0 Å². The Morgan fingerprint density at radius 1 is 0.903 bits per heavy atom. The lowest BCUT2D eigenvalue weighted by molar-refractivity contribution is -0.168. The van der Waals surface area contributed by atoms with E-state index in [0.29, 0.717) is 17.0 Å². The molecular weight excluding hydrogens is 394 g/mol. The van der Waals surface area contributed by atoms with E-state index in [1.807, 2.05) is 73.7 Å². The summed E-state index contributed by atoms with van der Waals surface area (Å²) in [6.45, 7) is 1.95. The maximum absolute atomic E-state index is 13.4. The third-order valence-electron chi connectivity index (χ3n) is 5.77. The maximum atomic E-state index is 13.4. The Morgan fingerprint density at radius 3 is 2.32 bits per heavy atom. The van der Waals surface area contributed by atoms with Crippen molar-refractivity contribution in [2.75, 3.05) is 12.0 Å². The molecule has 1 amide bonds. The molecule has 2 aliphatic rings. The number of ether oxygens (including phenoxy) is 3. The van der Waals surface area contributed by atoms with Crippen LogP contribution in [-0.4, -0.2) is 24.6 Å². The number of benzene rings is 3. The summed E-state index contributed by atoms with van der Waals surface area (Å²) in [5.74, 6) is -0.418. The van der Waals surface area contributed by atoms with Gasteiger partial charge in [0.2, 0.25) is 6.29 Å². The van der Waals surface area contributed by atoms with Gasteiger partial charge in [-0.05, 0) is 42.8 Å². The summed E-state index contributed by atoms with van der Waals surface area (Å²) in [4.78, 5) is 28.1. The van der Waals surface area contributed by atoms with Crippen molar-refractivity contribution >= 4 is 17.6 Å². The molecule has 6 nitrogen and oxygen atoms in total. The number of cyclic esters (lactones) is 1. The molecule has 31 heavy (non-hydrogen) atoms. The van der Waals surface area contributed by atoms with Crippen LogP contribution in [0.5, 0.6) is 5.75 Å². The number of hydrogen-bond donors (Lipinski definition) is 0. The molecule has 3 aromatic carbocycles. The molecule has 0 aliphatic carbocycles. The summed E-state index contributed by atoms with van der Waals surface area (Å²) in [5.41, 5.74) is 1.43. The molecule has 3 atom stereocenters. The molecule has 2 fully saturated rings. The van der Waals surface area contributed by atoms with Crippen LogP contribution in [0.4, 0.5) is 5.69 Å². The van der Waals surface area contributed by atoms with E-state index in [4.69, 9.17) is 14.2 Å². The van der Waals surface area contributed by atoms with E-state index in [1.165, 1.54) is 0 Å². The zero-order chi connectivity index (χ0) is 21.6. The van der Waals surface area contributed by atoms with Crippen LogP contribution in [-0.2, 0) is 19.1 Å². The third kappa shape index (κ3) is 2.91. The predicted octanol–water partition coefficient (Wildman–Crippen LogP) is 4.10. The minimum absolute atomic E-state index is 0.431. The number of esters is 1. The number of aryl methyl sites for hydroxylation is 1. The van der Waals surface area contributed by atoms with Crippen LogP contribution in [0.2, 0.25) is 0 Å². The van der Waals surface area contributed by atoms with E-state index in [1.54, 1.807) is 24.1 Å². The van der Waals surface area contributed by atoms with Gasteiger partial charge in [-0.15, -0.1) is 0 Å². The highest BCUT2D eigenvalue weighted by Gasteiger charge is 2.73. The molecule has 1 spiro atoms. The average molecular weight is 415 g/mol. The van der Waals surface area contributed by atoms with Gasteiger partial charge in [0.05, 0.1) is 7.11 Å². The van der Waals surface area contributed by atoms with Gasteiger partial charge in [-0.25, -0.2) is 4.79 Å². The summed E-state index contributed by atoms with van der Waals surface area (Å²) in [5, 5.41) is 0. The van der Waals surface area contributed by atoms with Crippen molar-refractivity contribution < 1.29 is 23.8 Å². The molecule has 5 rings (SSSR count). The Bertz CT molecular complexity index is 1140. The normalized spacial score (nSPS) is 24.8. The fraction of sp³-hybridized carbons (Fsp3) is 0.200. The molecule has 0 unspecified atom stereocenters. The summed E-state index contributed by atoms with van der Waals surface area (Å²) in [6, 6.07) is 23.4. The van der Waals surface area contributed by atoms with Crippen LogP contribution in [0.15, 0.2) is 78.9 Å². The van der Waals surface area contributed by atoms with Crippen molar-refractivity contribution in [1.29, 1.82) is 0 Å². The Hall–Kier alpha value is -3.64. The number of anilines is 1. The molecule has 156 valence electrons. The highest BCUT2D eigenvalue weighted by molar-refractivity contribution is 6.21. The molecule has 0 aromatic heterocycles. The number of methoxy groups -OCH3 is 1. The average Bonchev–Trinajstić information content (AvgIpc) is 3.17. The molecule has 2 aliphatic heterocycles. The van der Waals surface area contributed by atoms with Crippen LogP contribution in [0, 0.1) is 6.92 Å². The van der Waals surface area contributed by atoms with Crippen molar-refractivity contribution in [3.8, 4) is 5.75 Å². The second-order valence-corrected chi connectivity index (χ2v) is 7.69. The van der Waals surface area contributed by atoms with Gasteiger partial charge in [0.1, 0.15) is 11.8 Å². The van der Waals surface area contributed by atoms with Crippen molar-refractivity contribution in [3.05, 3.63) is 95.6 Å². The standard InChI is InChI=1S/C25H21NO5/c1-16-7-6-8-18(15-16)22-30-24(28)25(31-22)21(17-11-13-20(29-2)14-12-17)26(23(25)27)19-9-4-3-5-10-19/h3-15,21-22H,1-2H3/t21-,22+,25-/m0/s1. The molecule has 2 heterocycles. The fourth-order valence-corrected chi connectivity index (χ4v) is 4.25. The Labute approximate surface area is 180 Å². The number of hydrogen-bond acceptors (Lipinski definition) is 5. The second kappa shape index (κ2) is 7.25.